The molecule has 1 heterocycles. The summed E-state index contributed by atoms with van der Waals surface area (Å²) in [7, 11) is 0. The van der Waals surface area contributed by atoms with Crippen LogP contribution < -0.4 is 4.74 Å². The second-order valence-electron chi connectivity index (χ2n) is 6.51. The van der Waals surface area contributed by atoms with Gasteiger partial charge in [0.1, 0.15) is 5.75 Å². The van der Waals surface area contributed by atoms with Gasteiger partial charge in [-0.25, -0.2) is 0 Å². The standard InChI is InChI=1S/C21H27NO/c1-4-22(17(3)19-8-6-5-7-9-19)16(2)14-18-10-11-21-20(15-18)12-13-23-21/h5-11,15-17H,4,12-14H2,1-3H3. The summed E-state index contributed by atoms with van der Waals surface area (Å²) in [6.45, 7) is 8.80. The second-order valence-corrected chi connectivity index (χ2v) is 6.51. The van der Waals surface area contributed by atoms with Crippen LogP contribution in [0, 0.1) is 0 Å². The number of hydrogen-bond donors (Lipinski definition) is 0. The molecule has 0 bridgehead atoms. The van der Waals surface area contributed by atoms with E-state index < -0.39 is 0 Å². The van der Waals surface area contributed by atoms with Crippen molar-refractivity contribution in [2.75, 3.05) is 13.2 Å². The van der Waals surface area contributed by atoms with Gasteiger partial charge in [-0.1, -0.05) is 49.4 Å². The molecule has 0 radical (unpaired) electrons. The van der Waals surface area contributed by atoms with Crippen molar-refractivity contribution < 1.29 is 4.74 Å². The minimum absolute atomic E-state index is 0.439. The highest BCUT2D eigenvalue weighted by molar-refractivity contribution is 5.40. The molecule has 2 unspecified atom stereocenters. The van der Waals surface area contributed by atoms with E-state index in [1.807, 2.05) is 0 Å². The van der Waals surface area contributed by atoms with E-state index in [9.17, 15) is 0 Å². The highest BCUT2D eigenvalue weighted by atomic mass is 16.5. The summed E-state index contributed by atoms with van der Waals surface area (Å²) in [6, 6.07) is 18.4. The molecule has 2 aromatic rings. The molecule has 3 rings (SSSR count). The third-order valence-electron chi connectivity index (χ3n) is 5.00. The lowest BCUT2D eigenvalue weighted by Crippen LogP contribution is -2.36. The van der Waals surface area contributed by atoms with Crippen molar-refractivity contribution in [2.24, 2.45) is 0 Å². The Kier molecular flexibility index (Phi) is 5.02. The molecule has 23 heavy (non-hydrogen) atoms. The fraction of sp³-hybridized carbons (Fsp3) is 0.429. The lowest BCUT2D eigenvalue weighted by atomic mass is 9.99. The SMILES string of the molecule is CCN(C(C)Cc1ccc2c(c1)CCO2)C(C)c1ccccc1. The molecule has 2 heteroatoms. The van der Waals surface area contributed by atoms with Crippen LogP contribution in [0.3, 0.4) is 0 Å². The number of benzene rings is 2. The van der Waals surface area contributed by atoms with Crippen LogP contribution in [0.4, 0.5) is 0 Å². The van der Waals surface area contributed by atoms with E-state index in [-0.39, 0.29) is 0 Å². The smallest absolute Gasteiger partial charge is 0.122 e. The third-order valence-corrected chi connectivity index (χ3v) is 5.00. The van der Waals surface area contributed by atoms with Gasteiger partial charge in [0.2, 0.25) is 0 Å². The van der Waals surface area contributed by atoms with Crippen LogP contribution in [-0.2, 0) is 12.8 Å². The number of rotatable bonds is 6. The molecule has 0 aliphatic carbocycles. The first-order valence-electron chi connectivity index (χ1n) is 8.74. The Morgan fingerprint density at radius 1 is 1.09 bits per heavy atom. The highest BCUT2D eigenvalue weighted by Crippen LogP contribution is 2.28. The first kappa shape index (κ1) is 16.1. The van der Waals surface area contributed by atoms with E-state index in [0.717, 1.165) is 31.7 Å². The Morgan fingerprint density at radius 2 is 1.87 bits per heavy atom. The van der Waals surface area contributed by atoms with Crippen LogP contribution in [0.2, 0.25) is 0 Å². The van der Waals surface area contributed by atoms with Crippen molar-refractivity contribution >= 4 is 0 Å². The van der Waals surface area contributed by atoms with Crippen LogP contribution >= 0.6 is 0 Å². The predicted molar refractivity (Wildman–Crippen MR) is 96.0 cm³/mol. The molecule has 0 N–H and O–H groups in total. The summed E-state index contributed by atoms with van der Waals surface area (Å²) >= 11 is 0. The van der Waals surface area contributed by atoms with Crippen molar-refractivity contribution in [3.8, 4) is 5.75 Å². The maximum atomic E-state index is 5.61. The fourth-order valence-corrected chi connectivity index (χ4v) is 3.72. The number of likely N-dealkylation sites (N-methyl/N-ethyl adjacent to an activating group) is 1. The summed E-state index contributed by atoms with van der Waals surface area (Å²) in [6.07, 6.45) is 2.13. The molecule has 0 aromatic heterocycles. The first-order valence-corrected chi connectivity index (χ1v) is 8.74. The molecule has 1 aliphatic heterocycles. The highest BCUT2D eigenvalue weighted by Gasteiger charge is 2.21. The lowest BCUT2D eigenvalue weighted by molar-refractivity contribution is 0.162. The Labute approximate surface area is 140 Å². The average Bonchev–Trinajstić information content (AvgIpc) is 3.04. The monoisotopic (exact) mass is 309 g/mol. The van der Waals surface area contributed by atoms with Gasteiger partial charge in [-0.05, 0) is 49.6 Å². The molecule has 2 nitrogen and oxygen atoms in total. The van der Waals surface area contributed by atoms with Crippen LogP contribution in [0.15, 0.2) is 48.5 Å². The van der Waals surface area contributed by atoms with Crippen LogP contribution in [0.25, 0.3) is 0 Å². The number of nitrogens with zero attached hydrogens (tertiary/aromatic N) is 1. The Hall–Kier alpha value is -1.80. The number of fused-ring (bicyclic) bond motifs is 1. The van der Waals surface area contributed by atoms with E-state index in [4.69, 9.17) is 4.74 Å². The van der Waals surface area contributed by atoms with Crippen molar-refractivity contribution in [3.63, 3.8) is 0 Å². The van der Waals surface area contributed by atoms with Gasteiger partial charge in [-0.15, -0.1) is 0 Å². The summed E-state index contributed by atoms with van der Waals surface area (Å²) in [5, 5.41) is 0. The molecule has 2 aromatic carbocycles. The lowest BCUT2D eigenvalue weighted by Gasteiger charge is -2.34. The van der Waals surface area contributed by atoms with Crippen molar-refractivity contribution in [2.45, 2.75) is 45.7 Å². The zero-order chi connectivity index (χ0) is 16.2. The van der Waals surface area contributed by atoms with E-state index >= 15 is 0 Å². The van der Waals surface area contributed by atoms with Gasteiger partial charge in [-0.3, -0.25) is 4.90 Å². The minimum Gasteiger partial charge on any atom is -0.493 e. The fourth-order valence-electron chi connectivity index (χ4n) is 3.72. The topological polar surface area (TPSA) is 12.5 Å². The molecule has 0 amide bonds. The van der Waals surface area contributed by atoms with E-state index in [1.165, 1.54) is 16.7 Å². The van der Waals surface area contributed by atoms with Gasteiger partial charge >= 0.3 is 0 Å². The average molecular weight is 309 g/mol. The van der Waals surface area contributed by atoms with E-state index in [2.05, 4.69) is 74.2 Å². The van der Waals surface area contributed by atoms with Crippen molar-refractivity contribution in [3.05, 3.63) is 65.2 Å². The maximum Gasteiger partial charge on any atom is 0.122 e. The van der Waals surface area contributed by atoms with Crippen molar-refractivity contribution in [1.29, 1.82) is 0 Å². The van der Waals surface area contributed by atoms with Gasteiger partial charge in [0.25, 0.3) is 0 Å². The van der Waals surface area contributed by atoms with Crippen LogP contribution in [0.1, 0.15) is 43.5 Å². The minimum atomic E-state index is 0.439. The quantitative estimate of drug-likeness (QED) is 0.771. The normalized spacial score (nSPS) is 16.0. The molecule has 2 atom stereocenters. The molecule has 0 fully saturated rings. The summed E-state index contributed by atoms with van der Waals surface area (Å²) < 4.78 is 5.61. The molecule has 1 aliphatic rings. The van der Waals surface area contributed by atoms with Gasteiger partial charge in [0.15, 0.2) is 0 Å². The van der Waals surface area contributed by atoms with E-state index in [1.54, 1.807) is 0 Å². The maximum absolute atomic E-state index is 5.61. The molecular weight excluding hydrogens is 282 g/mol. The van der Waals surface area contributed by atoms with Crippen LogP contribution in [-0.4, -0.2) is 24.1 Å². The Balaban J connectivity index is 1.71. The Bertz CT molecular complexity index is 638. The van der Waals surface area contributed by atoms with E-state index in [0.29, 0.717) is 12.1 Å². The van der Waals surface area contributed by atoms with Gasteiger partial charge < -0.3 is 4.74 Å². The van der Waals surface area contributed by atoms with Crippen LogP contribution in [0.5, 0.6) is 5.75 Å². The Morgan fingerprint density at radius 3 is 2.61 bits per heavy atom. The molecule has 0 spiro atoms. The molecular formula is C21H27NO. The molecule has 0 saturated heterocycles. The largest absolute Gasteiger partial charge is 0.493 e. The summed E-state index contributed by atoms with van der Waals surface area (Å²) in [5.41, 5.74) is 4.18. The zero-order valence-electron chi connectivity index (χ0n) is 14.5. The zero-order valence-corrected chi connectivity index (χ0v) is 14.5. The molecule has 122 valence electrons. The number of hydrogen-bond acceptors (Lipinski definition) is 2. The second kappa shape index (κ2) is 7.18. The van der Waals surface area contributed by atoms with Gasteiger partial charge in [-0.2, -0.15) is 0 Å². The molecule has 0 saturated carbocycles. The summed E-state index contributed by atoms with van der Waals surface area (Å²) in [5.74, 6) is 1.08. The third kappa shape index (κ3) is 3.59. The number of ether oxygens (including phenoxy) is 1. The van der Waals surface area contributed by atoms with Crippen molar-refractivity contribution in [1.82, 2.24) is 4.90 Å². The van der Waals surface area contributed by atoms with Gasteiger partial charge in [0.05, 0.1) is 6.61 Å². The van der Waals surface area contributed by atoms with Gasteiger partial charge in [0, 0.05) is 18.5 Å². The predicted octanol–water partition coefficient (Wildman–Crippen LogP) is 4.64. The first-order chi connectivity index (χ1) is 11.2. The summed E-state index contributed by atoms with van der Waals surface area (Å²) in [4.78, 5) is 2.58.